The van der Waals surface area contributed by atoms with Crippen LogP contribution in [0.1, 0.15) is 39.5 Å². The number of thiol groups is 1. The molecular formula is C18H31N5O6S. The Morgan fingerprint density at radius 3 is 2.30 bits per heavy atom. The van der Waals surface area contributed by atoms with Crippen molar-refractivity contribution in [2.45, 2.75) is 63.7 Å². The van der Waals surface area contributed by atoms with E-state index < -0.39 is 60.2 Å². The van der Waals surface area contributed by atoms with Crippen molar-refractivity contribution in [3.05, 3.63) is 0 Å². The van der Waals surface area contributed by atoms with Crippen LogP contribution in [-0.4, -0.2) is 76.1 Å². The van der Waals surface area contributed by atoms with Crippen LogP contribution in [0.15, 0.2) is 0 Å². The number of hydrogen-bond donors (Lipinski definition) is 6. The van der Waals surface area contributed by atoms with E-state index in [-0.39, 0.29) is 18.2 Å². The van der Waals surface area contributed by atoms with E-state index in [1.165, 1.54) is 4.90 Å². The Kier molecular flexibility index (Phi) is 10.1. The lowest BCUT2D eigenvalue weighted by Gasteiger charge is -2.29. The molecule has 0 aromatic heterocycles. The average molecular weight is 446 g/mol. The van der Waals surface area contributed by atoms with Crippen molar-refractivity contribution < 1.29 is 29.1 Å². The fourth-order valence-electron chi connectivity index (χ4n) is 3.25. The van der Waals surface area contributed by atoms with Gasteiger partial charge in [0.05, 0.1) is 12.5 Å². The molecule has 0 aliphatic carbocycles. The van der Waals surface area contributed by atoms with Gasteiger partial charge in [-0.15, -0.1) is 0 Å². The lowest BCUT2D eigenvalue weighted by atomic mass is 10.0. The molecule has 0 saturated carbocycles. The zero-order valence-corrected chi connectivity index (χ0v) is 18.1. The molecule has 4 atom stereocenters. The summed E-state index contributed by atoms with van der Waals surface area (Å²) in [6.07, 6.45) is 0.730. The van der Waals surface area contributed by atoms with Crippen molar-refractivity contribution in [2.75, 3.05) is 12.3 Å². The molecule has 0 spiro atoms. The minimum Gasteiger partial charge on any atom is -0.480 e. The van der Waals surface area contributed by atoms with Crippen molar-refractivity contribution in [2.24, 2.45) is 17.4 Å². The first-order valence-corrected chi connectivity index (χ1v) is 10.4. The molecule has 0 bridgehead atoms. The summed E-state index contributed by atoms with van der Waals surface area (Å²) in [4.78, 5) is 61.3. The van der Waals surface area contributed by atoms with Crippen LogP contribution in [0.3, 0.4) is 0 Å². The van der Waals surface area contributed by atoms with Crippen LogP contribution in [0.25, 0.3) is 0 Å². The van der Waals surface area contributed by atoms with Crippen molar-refractivity contribution in [1.82, 2.24) is 15.5 Å². The summed E-state index contributed by atoms with van der Waals surface area (Å²) in [7, 11) is 0. The van der Waals surface area contributed by atoms with Crippen LogP contribution in [0, 0.1) is 5.92 Å². The third-order valence-electron chi connectivity index (χ3n) is 4.72. The number of carboxylic acids is 1. The third kappa shape index (κ3) is 7.48. The van der Waals surface area contributed by atoms with Gasteiger partial charge in [-0.3, -0.25) is 19.2 Å². The lowest BCUT2D eigenvalue weighted by molar-refractivity contribution is -0.145. The molecule has 0 aromatic carbocycles. The molecule has 1 fully saturated rings. The molecule has 1 aliphatic rings. The molecule has 1 saturated heterocycles. The van der Waals surface area contributed by atoms with Gasteiger partial charge in [-0.05, 0) is 25.2 Å². The molecule has 12 heteroatoms. The highest BCUT2D eigenvalue weighted by Crippen LogP contribution is 2.19. The van der Waals surface area contributed by atoms with Crippen LogP contribution in [0.4, 0.5) is 0 Å². The van der Waals surface area contributed by atoms with Gasteiger partial charge in [0.1, 0.15) is 18.1 Å². The maximum absolute atomic E-state index is 12.9. The fraction of sp³-hybridized carbons (Fsp3) is 0.722. The number of primary amides is 1. The first-order valence-electron chi connectivity index (χ1n) is 9.76. The lowest BCUT2D eigenvalue weighted by Crippen LogP contribution is -2.57. The van der Waals surface area contributed by atoms with Crippen LogP contribution in [0.5, 0.6) is 0 Å². The topological polar surface area (TPSA) is 185 Å². The van der Waals surface area contributed by atoms with Crippen LogP contribution >= 0.6 is 12.6 Å². The van der Waals surface area contributed by atoms with E-state index in [4.69, 9.17) is 16.6 Å². The number of amides is 4. The predicted octanol–water partition coefficient (Wildman–Crippen LogP) is -1.79. The van der Waals surface area contributed by atoms with E-state index >= 15 is 0 Å². The van der Waals surface area contributed by atoms with Crippen molar-refractivity contribution in [1.29, 1.82) is 0 Å². The zero-order chi connectivity index (χ0) is 23.0. The summed E-state index contributed by atoms with van der Waals surface area (Å²) in [5, 5.41) is 14.0. The molecule has 11 nitrogen and oxygen atoms in total. The highest BCUT2D eigenvalue weighted by atomic mass is 32.1. The normalized spacial score (nSPS) is 19.1. The maximum atomic E-state index is 12.9. The van der Waals surface area contributed by atoms with Gasteiger partial charge < -0.3 is 32.1 Å². The predicted molar refractivity (Wildman–Crippen MR) is 111 cm³/mol. The van der Waals surface area contributed by atoms with E-state index in [0.717, 1.165) is 0 Å². The number of aliphatic carboxylic acids is 1. The van der Waals surface area contributed by atoms with Gasteiger partial charge in [-0.2, -0.15) is 12.6 Å². The second kappa shape index (κ2) is 11.7. The highest BCUT2D eigenvalue weighted by molar-refractivity contribution is 7.80. The Labute approximate surface area is 180 Å². The monoisotopic (exact) mass is 445 g/mol. The number of nitrogens with zero attached hydrogens (tertiary/aromatic N) is 1. The van der Waals surface area contributed by atoms with Gasteiger partial charge >= 0.3 is 5.97 Å². The van der Waals surface area contributed by atoms with Gasteiger partial charge in [0.25, 0.3) is 0 Å². The van der Waals surface area contributed by atoms with Crippen molar-refractivity contribution in [3.8, 4) is 0 Å². The highest BCUT2D eigenvalue weighted by Gasteiger charge is 2.39. The Balaban J connectivity index is 2.83. The quantitative estimate of drug-likeness (QED) is 0.203. The minimum absolute atomic E-state index is 0.00321. The molecule has 170 valence electrons. The van der Waals surface area contributed by atoms with Crippen molar-refractivity contribution in [3.63, 3.8) is 0 Å². The first kappa shape index (κ1) is 25.7. The summed E-state index contributed by atoms with van der Waals surface area (Å²) >= 11 is 4.13. The number of hydrogen-bond acceptors (Lipinski definition) is 7. The molecule has 7 N–H and O–H groups in total. The number of carboxylic acid groups (broad SMARTS) is 1. The van der Waals surface area contributed by atoms with Gasteiger partial charge in [-0.1, -0.05) is 13.8 Å². The third-order valence-corrected chi connectivity index (χ3v) is 5.08. The Morgan fingerprint density at radius 1 is 1.17 bits per heavy atom. The Morgan fingerprint density at radius 2 is 1.80 bits per heavy atom. The van der Waals surface area contributed by atoms with Gasteiger partial charge in [0.2, 0.25) is 23.6 Å². The second-order valence-corrected chi connectivity index (χ2v) is 8.10. The van der Waals surface area contributed by atoms with E-state index in [2.05, 4.69) is 23.3 Å². The van der Waals surface area contributed by atoms with E-state index in [1.807, 2.05) is 13.8 Å². The summed E-state index contributed by atoms with van der Waals surface area (Å²) in [6.45, 7) is 4.11. The SMILES string of the molecule is CC(C)CC(N)C(=O)NC(CS)C(=O)N1CCCC1C(=O)NC(CC(N)=O)C(=O)O. The summed E-state index contributed by atoms with van der Waals surface area (Å²) < 4.78 is 0. The van der Waals surface area contributed by atoms with Crippen molar-refractivity contribution >= 4 is 42.2 Å². The minimum atomic E-state index is -1.48. The van der Waals surface area contributed by atoms with Gasteiger partial charge in [0, 0.05) is 12.3 Å². The molecule has 0 aromatic rings. The smallest absolute Gasteiger partial charge is 0.326 e. The zero-order valence-electron chi connectivity index (χ0n) is 17.2. The molecule has 0 radical (unpaired) electrons. The molecule has 1 heterocycles. The summed E-state index contributed by atoms with van der Waals surface area (Å²) in [5.74, 6) is -3.77. The molecule has 1 aliphatic heterocycles. The Hall–Kier alpha value is -2.34. The number of likely N-dealkylation sites (tertiary alicyclic amines) is 1. The maximum Gasteiger partial charge on any atom is 0.326 e. The van der Waals surface area contributed by atoms with Gasteiger partial charge in [0.15, 0.2) is 0 Å². The number of rotatable bonds is 11. The molecule has 30 heavy (non-hydrogen) atoms. The van der Waals surface area contributed by atoms with Crippen LogP contribution in [-0.2, 0) is 24.0 Å². The average Bonchev–Trinajstić information content (AvgIpc) is 3.13. The first-order chi connectivity index (χ1) is 14.0. The van der Waals surface area contributed by atoms with Gasteiger partial charge in [-0.25, -0.2) is 4.79 Å². The van der Waals surface area contributed by atoms with E-state index in [1.54, 1.807) is 0 Å². The molecule has 4 unspecified atom stereocenters. The fourth-order valence-corrected chi connectivity index (χ4v) is 3.50. The van der Waals surface area contributed by atoms with E-state index in [0.29, 0.717) is 19.3 Å². The molecule has 1 rings (SSSR count). The standard InChI is InChI=1S/C18H31N5O6S/c1-9(2)6-10(19)15(25)22-12(8-30)17(27)23-5-3-4-13(23)16(26)21-11(18(28)29)7-14(20)24/h9-13,30H,3-8,19H2,1-2H3,(H2,20,24)(H,21,26)(H,22,25)(H,28,29). The number of carbonyl (C=O) groups excluding carboxylic acids is 4. The number of nitrogens with one attached hydrogen (secondary N) is 2. The number of nitrogens with two attached hydrogens (primary N) is 2. The molecular weight excluding hydrogens is 414 g/mol. The molecule has 4 amide bonds. The number of carbonyl (C=O) groups is 5. The van der Waals surface area contributed by atoms with Crippen LogP contribution < -0.4 is 22.1 Å². The Bertz CT molecular complexity index is 673. The summed E-state index contributed by atoms with van der Waals surface area (Å²) in [5.41, 5.74) is 10.9. The second-order valence-electron chi connectivity index (χ2n) is 7.74. The summed E-state index contributed by atoms with van der Waals surface area (Å²) in [6, 6.07) is -4.16. The largest absolute Gasteiger partial charge is 0.480 e. The van der Waals surface area contributed by atoms with Crippen LogP contribution in [0.2, 0.25) is 0 Å². The van der Waals surface area contributed by atoms with E-state index in [9.17, 15) is 24.0 Å².